The van der Waals surface area contributed by atoms with Gasteiger partial charge in [0.05, 0.1) is 4.92 Å². The maximum absolute atomic E-state index is 12.8. The summed E-state index contributed by atoms with van der Waals surface area (Å²) < 4.78 is 0. The monoisotopic (exact) mass is 589 g/mol. The number of piperidine rings is 2. The van der Waals surface area contributed by atoms with Crippen LogP contribution in [0.4, 0.5) is 17.2 Å². The number of non-ortho nitro benzene ring substituents is 1. The molecule has 3 saturated heterocycles. The topological polar surface area (TPSA) is 141 Å². The summed E-state index contributed by atoms with van der Waals surface area (Å²) in [6.45, 7) is 5.72. The fraction of sp³-hybridized carbons (Fsp3) is 0.548. The van der Waals surface area contributed by atoms with Crippen LogP contribution in [0.1, 0.15) is 61.9 Å². The summed E-state index contributed by atoms with van der Waals surface area (Å²) in [7, 11) is 0. The van der Waals surface area contributed by atoms with Gasteiger partial charge >= 0.3 is 0 Å². The number of carbonyl (C=O) groups excluding carboxylic acids is 3. The van der Waals surface area contributed by atoms with E-state index < -0.39 is 17.9 Å². The predicted molar refractivity (Wildman–Crippen MR) is 161 cm³/mol. The third kappa shape index (κ3) is 6.48. The van der Waals surface area contributed by atoms with Crippen LogP contribution in [0.2, 0.25) is 0 Å². The van der Waals surface area contributed by atoms with Crippen molar-refractivity contribution in [3.8, 4) is 0 Å². The molecule has 1 saturated carbocycles. The van der Waals surface area contributed by atoms with Gasteiger partial charge in [0.2, 0.25) is 11.8 Å². The van der Waals surface area contributed by atoms with Gasteiger partial charge in [0.25, 0.3) is 11.6 Å². The van der Waals surface area contributed by atoms with E-state index in [9.17, 15) is 24.5 Å². The Hall–Kier alpha value is -4.06. The Morgan fingerprint density at radius 3 is 2.26 bits per heavy atom. The molecule has 43 heavy (non-hydrogen) atoms. The van der Waals surface area contributed by atoms with E-state index in [1.54, 1.807) is 18.2 Å². The molecule has 1 unspecified atom stereocenters. The molecular formula is C31H39N7O5. The van der Waals surface area contributed by atoms with E-state index in [4.69, 9.17) is 0 Å². The van der Waals surface area contributed by atoms with Crippen LogP contribution in [0, 0.1) is 15.5 Å². The number of nitrogens with zero attached hydrogens (tertiary/aromatic N) is 5. The van der Waals surface area contributed by atoms with Crippen molar-refractivity contribution in [2.45, 2.75) is 63.5 Å². The van der Waals surface area contributed by atoms with Gasteiger partial charge in [-0.1, -0.05) is 6.07 Å². The Morgan fingerprint density at radius 1 is 0.907 bits per heavy atom. The number of hydrogen-bond acceptors (Lipinski definition) is 9. The number of carbonyl (C=O) groups is 3. The lowest BCUT2D eigenvalue weighted by Gasteiger charge is -2.49. The van der Waals surface area contributed by atoms with E-state index in [0.717, 1.165) is 63.6 Å². The summed E-state index contributed by atoms with van der Waals surface area (Å²) in [6, 6.07) is 12.2. The van der Waals surface area contributed by atoms with Crippen LogP contribution < -0.4 is 20.4 Å². The number of rotatable bonds is 6. The van der Waals surface area contributed by atoms with Crippen molar-refractivity contribution >= 4 is 34.9 Å². The molecule has 6 rings (SSSR count). The molecule has 228 valence electrons. The Morgan fingerprint density at radius 2 is 1.60 bits per heavy atom. The van der Waals surface area contributed by atoms with Crippen LogP contribution in [0.5, 0.6) is 0 Å². The molecule has 2 N–H and O–H groups in total. The number of benzene rings is 1. The summed E-state index contributed by atoms with van der Waals surface area (Å²) in [4.78, 5) is 58.7. The molecule has 4 aliphatic rings. The van der Waals surface area contributed by atoms with E-state index >= 15 is 0 Å². The van der Waals surface area contributed by atoms with Crippen LogP contribution in [0.3, 0.4) is 0 Å². The fourth-order valence-electron chi connectivity index (χ4n) is 7.21. The van der Waals surface area contributed by atoms with Crippen molar-refractivity contribution in [2.24, 2.45) is 5.41 Å². The molecule has 12 heteroatoms. The maximum Gasteiger partial charge on any atom is 0.270 e. The van der Waals surface area contributed by atoms with Gasteiger partial charge < -0.3 is 15.1 Å². The smallest absolute Gasteiger partial charge is 0.270 e. The molecule has 0 radical (unpaired) electrons. The van der Waals surface area contributed by atoms with Gasteiger partial charge in [0, 0.05) is 69.6 Å². The van der Waals surface area contributed by atoms with E-state index in [1.807, 2.05) is 24.3 Å². The van der Waals surface area contributed by atoms with Crippen molar-refractivity contribution in [1.29, 1.82) is 0 Å². The molecule has 4 fully saturated rings. The standard InChI is InChI=1S/C31H39N7O5/c39-28-9-8-26(30(41)34-28)33-29(40)25-2-1-3-27(32-25)37-16-14-31(15-17-37)12-10-23(11-13-31)36-20-18-35(19-21-36)22-4-6-24(7-5-22)38(42)43/h1-7,23,26H,8-21H2,(H,33,40)(H,34,39,41). The van der Waals surface area contributed by atoms with E-state index in [1.165, 1.54) is 25.7 Å². The SMILES string of the molecule is O=C1CCC(NC(=O)c2cccc(N3CCC4(CCC(N5CCN(c6ccc([N+](=O)[O-])cc6)CC5)CC4)CC3)n2)C(=O)N1. The highest BCUT2D eigenvalue weighted by Gasteiger charge is 2.40. The highest BCUT2D eigenvalue weighted by molar-refractivity contribution is 6.03. The molecule has 12 nitrogen and oxygen atoms in total. The van der Waals surface area contributed by atoms with Crippen LogP contribution in [0.25, 0.3) is 0 Å². The van der Waals surface area contributed by atoms with Crippen molar-refractivity contribution in [1.82, 2.24) is 20.5 Å². The van der Waals surface area contributed by atoms with Crippen molar-refractivity contribution in [2.75, 3.05) is 49.1 Å². The number of piperazine rings is 1. The third-order valence-electron chi connectivity index (χ3n) is 9.93. The number of pyridine rings is 1. The molecule has 1 aromatic carbocycles. The summed E-state index contributed by atoms with van der Waals surface area (Å²) >= 11 is 0. The summed E-state index contributed by atoms with van der Waals surface area (Å²) in [5, 5.41) is 15.9. The molecule has 3 amide bonds. The fourth-order valence-corrected chi connectivity index (χ4v) is 7.21. The minimum atomic E-state index is -0.723. The minimum Gasteiger partial charge on any atom is -0.369 e. The second-order valence-electron chi connectivity index (χ2n) is 12.4. The van der Waals surface area contributed by atoms with Gasteiger partial charge in [0.1, 0.15) is 17.6 Å². The lowest BCUT2D eigenvalue weighted by molar-refractivity contribution is -0.384. The van der Waals surface area contributed by atoms with Gasteiger partial charge in [-0.3, -0.25) is 34.7 Å². The lowest BCUT2D eigenvalue weighted by Crippen LogP contribution is -2.52. The average molecular weight is 590 g/mol. The predicted octanol–water partition coefficient (Wildman–Crippen LogP) is 2.88. The summed E-state index contributed by atoms with van der Waals surface area (Å²) in [6.07, 6.45) is 7.62. The molecule has 1 aromatic heterocycles. The average Bonchev–Trinajstić information content (AvgIpc) is 3.03. The van der Waals surface area contributed by atoms with E-state index in [0.29, 0.717) is 17.9 Å². The Labute approximate surface area is 251 Å². The highest BCUT2D eigenvalue weighted by Crippen LogP contribution is 2.46. The third-order valence-corrected chi connectivity index (χ3v) is 9.93. The Balaban J connectivity index is 0.964. The largest absolute Gasteiger partial charge is 0.369 e. The number of amides is 3. The minimum absolute atomic E-state index is 0.128. The zero-order valence-corrected chi connectivity index (χ0v) is 24.4. The second-order valence-corrected chi connectivity index (χ2v) is 12.4. The molecule has 0 bridgehead atoms. The van der Waals surface area contributed by atoms with Crippen molar-refractivity contribution in [3.63, 3.8) is 0 Å². The van der Waals surface area contributed by atoms with Gasteiger partial charge in [-0.15, -0.1) is 0 Å². The molecule has 2 aromatic rings. The number of nitrogens with one attached hydrogen (secondary N) is 2. The number of imide groups is 1. The zero-order valence-electron chi connectivity index (χ0n) is 24.4. The zero-order chi connectivity index (χ0) is 30.0. The molecular weight excluding hydrogens is 550 g/mol. The number of aromatic nitrogens is 1. The highest BCUT2D eigenvalue weighted by atomic mass is 16.6. The molecule has 3 aliphatic heterocycles. The van der Waals surface area contributed by atoms with Crippen molar-refractivity contribution in [3.05, 3.63) is 58.3 Å². The van der Waals surface area contributed by atoms with Gasteiger partial charge in [0.15, 0.2) is 0 Å². The van der Waals surface area contributed by atoms with Crippen molar-refractivity contribution < 1.29 is 19.3 Å². The lowest BCUT2D eigenvalue weighted by atomic mass is 9.66. The summed E-state index contributed by atoms with van der Waals surface area (Å²) in [5.41, 5.74) is 1.82. The molecule has 1 spiro atoms. The molecule has 1 atom stereocenters. The summed E-state index contributed by atoms with van der Waals surface area (Å²) in [5.74, 6) is -0.407. The first-order chi connectivity index (χ1) is 20.8. The number of nitro groups is 1. The molecule has 4 heterocycles. The second kappa shape index (κ2) is 12.3. The first-order valence-electron chi connectivity index (χ1n) is 15.4. The van der Waals surface area contributed by atoms with Gasteiger partial charge in [-0.25, -0.2) is 4.98 Å². The molecule has 1 aliphatic carbocycles. The van der Waals surface area contributed by atoms with Gasteiger partial charge in [-0.2, -0.15) is 0 Å². The Kier molecular flexibility index (Phi) is 8.29. The first-order valence-corrected chi connectivity index (χ1v) is 15.4. The quantitative estimate of drug-likeness (QED) is 0.296. The van der Waals surface area contributed by atoms with Crippen LogP contribution >= 0.6 is 0 Å². The van der Waals surface area contributed by atoms with Crippen LogP contribution in [0.15, 0.2) is 42.5 Å². The van der Waals surface area contributed by atoms with E-state index in [2.05, 4.69) is 30.3 Å². The normalized spacial score (nSPS) is 23.2. The van der Waals surface area contributed by atoms with Crippen LogP contribution in [-0.2, 0) is 9.59 Å². The Bertz CT molecular complexity index is 1360. The number of nitro benzene ring substituents is 1. The number of hydrogen-bond donors (Lipinski definition) is 2. The van der Waals surface area contributed by atoms with Gasteiger partial charge in [-0.05, 0) is 74.6 Å². The first kappa shape index (κ1) is 29.0. The maximum atomic E-state index is 12.8. The number of anilines is 2. The van der Waals surface area contributed by atoms with Crippen LogP contribution in [-0.4, -0.2) is 83.9 Å². The van der Waals surface area contributed by atoms with E-state index in [-0.39, 0.29) is 28.6 Å².